The van der Waals surface area contributed by atoms with Gasteiger partial charge in [-0.25, -0.2) is 0 Å². The number of aliphatic hydroxyl groups is 1. The number of nitrogens with zero attached hydrogens (tertiary/aromatic N) is 3. The number of benzene rings is 1. The summed E-state index contributed by atoms with van der Waals surface area (Å²) in [6.45, 7) is 1.03. The van der Waals surface area contributed by atoms with Crippen LogP contribution in [0.3, 0.4) is 0 Å². The molecule has 116 valence electrons. The van der Waals surface area contributed by atoms with Crippen molar-refractivity contribution in [3.8, 4) is 11.5 Å². The van der Waals surface area contributed by atoms with Gasteiger partial charge in [-0.05, 0) is 30.7 Å². The number of aromatic nitrogens is 2. The van der Waals surface area contributed by atoms with E-state index >= 15 is 0 Å². The molecule has 3 rings (SSSR count). The fraction of sp³-hybridized carbons (Fsp3) is 0.400. The van der Waals surface area contributed by atoms with Gasteiger partial charge in [-0.2, -0.15) is 0 Å². The maximum absolute atomic E-state index is 12.0. The third-order valence-electron chi connectivity index (χ3n) is 3.63. The van der Waals surface area contributed by atoms with E-state index in [9.17, 15) is 9.90 Å². The summed E-state index contributed by atoms with van der Waals surface area (Å²) in [5.74, 6) is 0.844. The number of hydrogen-bond donors (Lipinski definition) is 1. The number of aryl methyl sites for hydroxylation is 1. The fourth-order valence-electron chi connectivity index (χ4n) is 2.40. The van der Waals surface area contributed by atoms with E-state index < -0.39 is 6.10 Å². The highest BCUT2D eigenvalue weighted by Gasteiger charge is 2.24. The quantitative estimate of drug-likeness (QED) is 0.930. The molecule has 1 amide bonds. The molecule has 2 aromatic rings. The van der Waals surface area contributed by atoms with Crippen molar-refractivity contribution in [1.29, 1.82) is 0 Å². The lowest BCUT2D eigenvalue weighted by atomic mass is 10.2. The first kappa shape index (κ1) is 15.0. The van der Waals surface area contributed by atoms with Crippen molar-refractivity contribution >= 4 is 17.5 Å². The molecule has 1 saturated heterocycles. The molecule has 22 heavy (non-hydrogen) atoms. The zero-order valence-corrected chi connectivity index (χ0v) is 12.7. The molecule has 6 nitrogen and oxygen atoms in total. The Balaban J connectivity index is 1.58. The lowest BCUT2D eigenvalue weighted by Crippen LogP contribution is -2.29. The molecule has 1 aromatic carbocycles. The molecule has 2 heterocycles. The monoisotopic (exact) mass is 321 g/mol. The normalized spacial score (nSPS) is 17.9. The van der Waals surface area contributed by atoms with E-state index in [1.165, 1.54) is 0 Å². The Bertz CT molecular complexity index is 656. The molecule has 0 saturated carbocycles. The van der Waals surface area contributed by atoms with Gasteiger partial charge >= 0.3 is 0 Å². The third kappa shape index (κ3) is 3.45. The van der Waals surface area contributed by atoms with Gasteiger partial charge < -0.3 is 14.4 Å². The van der Waals surface area contributed by atoms with Crippen molar-refractivity contribution in [3.05, 3.63) is 35.2 Å². The number of carbonyl (C=O) groups is 1. The molecule has 1 aliphatic heterocycles. The molecule has 0 aliphatic carbocycles. The minimum Gasteiger partial charge on any atom is -0.421 e. The largest absolute Gasteiger partial charge is 0.421 e. The van der Waals surface area contributed by atoms with E-state index in [2.05, 4.69) is 10.2 Å². The van der Waals surface area contributed by atoms with Gasteiger partial charge in [0.2, 0.25) is 17.7 Å². The molecule has 1 atom stereocenters. The van der Waals surface area contributed by atoms with Gasteiger partial charge in [0.25, 0.3) is 0 Å². The van der Waals surface area contributed by atoms with Crippen LogP contribution in [0, 0.1) is 0 Å². The molecule has 1 N–H and O–H groups in total. The molecule has 0 unspecified atom stereocenters. The van der Waals surface area contributed by atoms with E-state index in [0.717, 1.165) is 5.56 Å². The van der Waals surface area contributed by atoms with Crippen molar-refractivity contribution in [3.63, 3.8) is 0 Å². The molecule has 0 bridgehead atoms. The molecule has 1 aliphatic rings. The highest BCUT2D eigenvalue weighted by atomic mass is 35.5. The summed E-state index contributed by atoms with van der Waals surface area (Å²) >= 11 is 5.83. The first-order chi connectivity index (χ1) is 10.6. The summed E-state index contributed by atoms with van der Waals surface area (Å²) in [7, 11) is 0. The highest BCUT2D eigenvalue weighted by molar-refractivity contribution is 6.30. The van der Waals surface area contributed by atoms with Crippen LogP contribution in [0.2, 0.25) is 5.02 Å². The second kappa shape index (κ2) is 6.46. The second-order valence-corrected chi connectivity index (χ2v) is 5.73. The molecule has 0 radical (unpaired) electrons. The average Bonchev–Trinajstić information content (AvgIpc) is 3.15. The number of amides is 1. The Hall–Kier alpha value is -1.92. The Morgan fingerprint density at radius 3 is 2.82 bits per heavy atom. The summed E-state index contributed by atoms with van der Waals surface area (Å²) in [6.07, 6.45) is 0.942. The van der Waals surface area contributed by atoms with E-state index in [1.807, 2.05) is 0 Å². The van der Waals surface area contributed by atoms with Gasteiger partial charge in [0.1, 0.15) is 0 Å². The lowest BCUT2D eigenvalue weighted by molar-refractivity contribution is -0.130. The Morgan fingerprint density at radius 2 is 2.14 bits per heavy atom. The number of hydrogen-bond acceptors (Lipinski definition) is 5. The number of likely N-dealkylation sites (tertiary alicyclic amines) is 1. The average molecular weight is 322 g/mol. The topological polar surface area (TPSA) is 79.5 Å². The van der Waals surface area contributed by atoms with Crippen molar-refractivity contribution in [2.75, 3.05) is 13.1 Å². The molecule has 1 fully saturated rings. The SMILES string of the molecule is O=C(CCc1nnc(-c2ccc(Cl)cc2)o1)N1CC[C@@H](O)C1. The standard InChI is InChI=1S/C15H16ClN3O3/c16-11-3-1-10(2-4-11)15-18-17-13(22-15)5-6-14(21)19-8-7-12(20)9-19/h1-4,12,20H,5-9H2/t12-/m1/s1. The summed E-state index contributed by atoms with van der Waals surface area (Å²) in [5.41, 5.74) is 0.789. The predicted molar refractivity (Wildman–Crippen MR) is 80.3 cm³/mol. The fourth-order valence-corrected chi connectivity index (χ4v) is 2.53. The maximum atomic E-state index is 12.0. The van der Waals surface area contributed by atoms with Crippen LogP contribution in [0.25, 0.3) is 11.5 Å². The van der Waals surface area contributed by atoms with Gasteiger partial charge in [0.15, 0.2) is 0 Å². The first-order valence-corrected chi connectivity index (χ1v) is 7.54. The van der Waals surface area contributed by atoms with E-state index in [0.29, 0.717) is 49.2 Å². The van der Waals surface area contributed by atoms with Crippen LogP contribution in [0.15, 0.2) is 28.7 Å². The number of halogens is 1. The highest BCUT2D eigenvalue weighted by Crippen LogP contribution is 2.20. The van der Waals surface area contributed by atoms with Crippen molar-refractivity contribution < 1.29 is 14.3 Å². The number of aliphatic hydroxyl groups excluding tert-OH is 1. The Labute approximate surface area is 132 Å². The number of β-amino-alcohol motifs (C(OH)–C–C–N with tert-alkyl or cyclic N) is 1. The maximum Gasteiger partial charge on any atom is 0.247 e. The van der Waals surface area contributed by atoms with Crippen LogP contribution in [-0.4, -0.2) is 45.3 Å². The first-order valence-electron chi connectivity index (χ1n) is 7.16. The Morgan fingerprint density at radius 1 is 1.36 bits per heavy atom. The Kier molecular flexibility index (Phi) is 4.40. The van der Waals surface area contributed by atoms with Crippen LogP contribution in [0.4, 0.5) is 0 Å². The van der Waals surface area contributed by atoms with Gasteiger partial charge in [0.05, 0.1) is 6.10 Å². The molecule has 7 heteroatoms. The van der Waals surface area contributed by atoms with Crippen molar-refractivity contribution in [2.45, 2.75) is 25.4 Å². The summed E-state index contributed by atoms with van der Waals surface area (Å²) in [6, 6.07) is 7.11. The van der Waals surface area contributed by atoms with E-state index in [-0.39, 0.29) is 5.91 Å². The van der Waals surface area contributed by atoms with Crippen LogP contribution < -0.4 is 0 Å². The minimum atomic E-state index is -0.399. The summed E-state index contributed by atoms with van der Waals surface area (Å²) in [5, 5.41) is 18.0. The molecule has 1 aromatic heterocycles. The summed E-state index contributed by atoms with van der Waals surface area (Å²) < 4.78 is 5.56. The minimum absolute atomic E-state index is 0.00259. The zero-order chi connectivity index (χ0) is 15.5. The lowest BCUT2D eigenvalue weighted by Gasteiger charge is -2.14. The van der Waals surface area contributed by atoms with Crippen molar-refractivity contribution in [1.82, 2.24) is 15.1 Å². The van der Waals surface area contributed by atoms with Crippen LogP contribution in [0.1, 0.15) is 18.7 Å². The summed E-state index contributed by atoms with van der Waals surface area (Å²) in [4.78, 5) is 13.7. The molecular weight excluding hydrogens is 306 g/mol. The third-order valence-corrected chi connectivity index (χ3v) is 3.88. The zero-order valence-electron chi connectivity index (χ0n) is 11.9. The van der Waals surface area contributed by atoms with Gasteiger partial charge in [0, 0.05) is 36.5 Å². The van der Waals surface area contributed by atoms with Gasteiger partial charge in [-0.15, -0.1) is 10.2 Å². The molecular formula is C15H16ClN3O3. The van der Waals surface area contributed by atoms with Gasteiger partial charge in [-0.1, -0.05) is 11.6 Å². The number of rotatable bonds is 4. The molecule has 0 spiro atoms. The van der Waals surface area contributed by atoms with Crippen LogP contribution >= 0.6 is 11.6 Å². The number of carbonyl (C=O) groups excluding carboxylic acids is 1. The van der Waals surface area contributed by atoms with E-state index in [1.54, 1.807) is 29.2 Å². The smallest absolute Gasteiger partial charge is 0.247 e. The second-order valence-electron chi connectivity index (χ2n) is 5.29. The van der Waals surface area contributed by atoms with E-state index in [4.69, 9.17) is 16.0 Å². The van der Waals surface area contributed by atoms with Crippen LogP contribution in [0.5, 0.6) is 0 Å². The van der Waals surface area contributed by atoms with Crippen molar-refractivity contribution in [2.24, 2.45) is 0 Å². The van der Waals surface area contributed by atoms with Gasteiger partial charge in [-0.3, -0.25) is 4.79 Å². The predicted octanol–water partition coefficient (Wildman–Crippen LogP) is 1.92. The van der Waals surface area contributed by atoms with Crippen LogP contribution in [-0.2, 0) is 11.2 Å².